The third-order valence-corrected chi connectivity index (χ3v) is 4.76. The van der Waals surface area contributed by atoms with Crippen molar-refractivity contribution in [3.05, 3.63) is 42.0 Å². The highest BCUT2D eigenvalue weighted by Crippen LogP contribution is 2.39. The molecular weight excluding hydrogens is 368 g/mol. The van der Waals surface area contributed by atoms with E-state index in [4.69, 9.17) is 18.9 Å². The molecule has 29 heavy (non-hydrogen) atoms. The molecule has 0 amide bonds. The number of unbranched alkanes of at least 4 members (excludes halogenated alkanes) is 1. The summed E-state index contributed by atoms with van der Waals surface area (Å²) in [5, 5.41) is 3.59. The molecule has 0 atom stereocenters. The van der Waals surface area contributed by atoms with Crippen molar-refractivity contribution in [3.63, 3.8) is 0 Å². The summed E-state index contributed by atoms with van der Waals surface area (Å²) in [5.74, 6) is 1.70. The third-order valence-electron chi connectivity index (χ3n) is 4.76. The van der Waals surface area contributed by atoms with Crippen molar-refractivity contribution in [2.45, 2.75) is 33.6 Å². The van der Waals surface area contributed by atoms with Gasteiger partial charge in [-0.15, -0.1) is 0 Å². The second-order valence-electron chi connectivity index (χ2n) is 6.71. The fourth-order valence-corrected chi connectivity index (χ4v) is 3.37. The maximum atomic E-state index is 12.5. The van der Waals surface area contributed by atoms with Crippen LogP contribution in [0, 0.1) is 0 Å². The monoisotopic (exact) mass is 396 g/mol. The molecule has 154 valence electrons. The minimum absolute atomic E-state index is 0.383. The largest absolute Gasteiger partial charge is 0.494 e. The Hall–Kier alpha value is -2.95. The van der Waals surface area contributed by atoms with Crippen LogP contribution in [0.4, 0.5) is 0 Å². The average Bonchev–Trinajstić information content (AvgIpc) is 2.73. The Morgan fingerprint density at radius 2 is 1.52 bits per heavy atom. The lowest BCUT2D eigenvalue weighted by atomic mass is 9.96. The zero-order chi connectivity index (χ0) is 20.8. The maximum Gasteiger partial charge on any atom is 0.338 e. The van der Waals surface area contributed by atoms with E-state index in [1.807, 2.05) is 50.2 Å². The topological polar surface area (TPSA) is 54.0 Å². The van der Waals surface area contributed by atoms with Gasteiger partial charge in [0.15, 0.2) is 11.5 Å². The van der Waals surface area contributed by atoms with Gasteiger partial charge in [0.25, 0.3) is 0 Å². The molecule has 0 heterocycles. The first kappa shape index (κ1) is 20.8. The molecular formula is C24H28O5. The Balaban J connectivity index is 2.27. The van der Waals surface area contributed by atoms with Crippen LogP contribution in [-0.2, 0) is 4.74 Å². The smallest absolute Gasteiger partial charge is 0.338 e. The summed E-state index contributed by atoms with van der Waals surface area (Å²) in [4.78, 5) is 12.5. The summed E-state index contributed by atoms with van der Waals surface area (Å²) in [6, 6.07) is 11.6. The van der Waals surface area contributed by atoms with Gasteiger partial charge in [0.1, 0.15) is 5.75 Å². The molecule has 0 aliphatic carbocycles. The molecule has 0 aliphatic heterocycles. The van der Waals surface area contributed by atoms with Crippen LogP contribution in [0.2, 0.25) is 0 Å². The highest BCUT2D eigenvalue weighted by Gasteiger charge is 2.18. The third kappa shape index (κ3) is 4.39. The molecule has 0 fully saturated rings. The van der Waals surface area contributed by atoms with Gasteiger partial charge in [-0.05, 0) is 66.8 Å². The highest BCUT2D eigenvalue weighted by atomic mass is 16.5. The van der Waals surface area contributed by atoms with Crippen molar-refractivity contribution in [1.82, 2.24) is 0 Å². The van der Waals surface area contributed by atoms with Crippen molar-refractivity contribution in [3.8, 4) is 17.2 Å². The van der Waals surface area contributed by atoms with Crippen LogP contribution < -0.4 is 14.2 Å². The van der Waals surface area contributed by atoms with Crippen LogP contribution in [0.5, 0.6) is 17.2 Å². The molecule has 3 aromatic carbocycles. The maximum absolute atomic E-state index is 12.5. The van der Waals surface area contributed by atoms with E-state index in [0.717, 1.165) is 40.1 Å². The number of methoxy groups -OCH3 is 1. The van der Waals surface area contributed by atoms with E-state index in [0.29, 0.717) is 36.9 Å². The average molecular weight is 396 g/mol. The van der Waals surface area contributed by atoms with Crippen molar-refractivity contribution in [1.29, 1.82) is 0 Å². The van der Waals surface area contributed by atoms with Crippen LogP contribution in [0.3, 0.4) is 0 Å². The van der Waals surface area contributed by atoms with Gasteiger partial charge in [-0.1, -0.05) is 19.4 Å². The van der Waals surface area contributed by atoms with Gasteiger partial charge in [-0.3, -0.25) is 0 Å². The van der Waals surface area contributed by atoms with Crippen molar-refractivity contribution in [2.24, 2.45) is 0 Å². The summed E-state index contributed by atoms with van der Waals surface area (Å²) < 4.78 is 22.5. The standard InChI is InChI=1S/C24H28O5/c1-5-8-11-29-17-10-9-16-12-21(24(25)26-4)20-15-23(28-7-3)22(27-6-2)14-19(20)18(16)13-17/h9-10,12-15H,5-8,11H2,1-4H3. The number of hydrogen-bond donors (Lipinski definition) is 0. The van der Waals surface area contributed by atoms with Gasteiger partial charge < -0.3 is 18.9 Å². The van der Waals surface area contributed by atoms with E-state index >= 15 is 0 Å². The fraction of sp³-hybridized carbons (Fsp3) is 0.375. The molecule has 0 radical (unpaired) electrons. The predicted molar refractivity (Wildman–Crippen MR) is 116 cm³/mol. The highest BCUT2D eigenvalue weighted by molar-refractivity contribution is 6.17. The lowest BCUT2D eigenvalue weighted by molar-refractivity contribution is 0.0603. The quantitative estimate of drug-likeness (QED) is 0.262. The van der Waals surface area contributed by atoms with Gasteiger partial charge in [-0.2, -0.15) is 0 Å². The zero-order valence-electron chi connectivity index (χ0n) is 17.5. The Morgan fingerprint density at radius 1 is 0.828 bits per heavy atom. The second kappa shape index (κ2) is 9.50. The summed E-state index contributed by atoms with van der Waals surface area (Å²) in [5.41, 5.74) is 0.499. The van der Waals surface area contributed by atoms with E-state index in [9.17, 15) is 4.79 Å². The number of benzene rings is 3. The van der Waals surface area contributed by atoms with Crippen LogP contribution in [0.1, 0.15) is 44.0 Å². The van der Waals surface area contributed by atoms with Gasteiger partial charge >= 0.3 is 5.97 Å². The number of hydrogen-bond acceptors (Lipinski definition) is 5. The van der Waals surface area contributed by atoms with Gasteiger partial charge in [0.2, 0.25) is 0 Å². The predicted octanol–water partition coefficient (Wildman–Crippen LogP) is 5.76. The molecule has 0 unspecified atom stereocenters. The van der Waals surface area contributed by atoms with E-state index in [2.05, 4.69) is 6.92 Å². The first-order valence-corrected chi connectivity index (χ1v) is 10.1. The molecule has 0 spiro atoms. The molecule has 5 nitrogen and oxygen atoms in total. The first-order valence-electron chi connectivity index (χ1n) is 10.1. The molecule has 0 aliphatic rings. The molecule has 0 saturated heterocycles. The van der Waals surface area contributed by atoms with E-state index in [-0.39, 0.29) is 5.97 Å². The Labute approximate surface area is 171 Å². The first-order chi connectivity index (χ1) is 14.1. The van der Waals surface area contributed by atoms with E-state index < -0.39 is 0 Å². The minimum atomic E-state index is -0.383. The van der Waals surface area contributed by atoms with Crippen molar-refractivity contribution >= 4 is 27.5 Å². The minimum Gasteiger partial charge on any atom is -0.494 e. The molecule has 0 bridgehead atoms. The summed E-state index contributed by atoms with van der Waals surface area (Å²) in [6.45, 7) is 7.69. The second-order valence-corrected chi connectivity index (χ2v) is 6.71. The fourth-order valence-electron chi connectivity index (χ4n) is 3.37. The number of esters is 1. The number of rotatable bonds is 9. The van der Waals surface area contributed by atoms with Gasteiger partial charge in [-0.25, -0.2) is 4.79 Å². The number of ether oxygens (including phenoxy) is 4. The number of fused-ring (bicyclic) bond motifs is 3. The molecule has 0 aromatic heterocycles. The van der Waals surface area contributed by atoms with Crippen molar-refractivity contribution < 1.29 is 23.7 Å². The number of carbonyl (C=O) groups is 1. The zero-order valence-corrected chi connectivity index (χ0v) is 17.5. The van der Waals surface area contributed by atoms with Gasteiger partial charge in [0, 0.05) is 5.39 Å². The Bertz CT molecular complexity index is 1010. The summed E-state index contributed by atoms with van der Waals surface area (Å²) in [7, 11) is 1.39. The molecule has 3 aromatic rings. The summed E-state index contributed by atoms with van der Waals surface area (Å²) in [6.07, 6.45) is 2.09. The molecule has 3 rings (SSSR count). The lowest BCUT2D eigenvalue weighted by Crippen LogP contribution is -2.04. The van der Waals surface area contributed by atoms with Gasteiger partial charge in [0.05, 0.1) is 32.5 Å². The lowest BCUT2D eigenvalue weighted by Gasteiger charge is -2.16. The SMILES string of the molecule is CCCCOc1ccc2cc(C(=O)OC)c3cc(OCC)c(OCC)cc3c2c1. The normalized spacial score (nSPS) is 10.9. The van der Waals surface area contributed by atoms with Crippen LogP contribution >= 0.6 is 0 Å². The van der Waals surface area contributed by atoms with E-state index in [1.54, 1.807) is 0 Å². The summed E-state index contributed by atoms with van der Waals surface area (Å²) >= 11 is 0. The molecule has 0 N–H and O–H groups in total. The Kier molecular flexibility index (Phi) is 6.81. The number of carbonyl (C=O) groups excluding carboxylic acids is 1. The van der Waals surface area contributed by atoms with Crippen molar-refractivity contribution in [2.75, 3.05) is 26.9 Å². The van der Waals surface area contributed by atoms with Crippen LogP contribution in [0.25, 0.3) is 21.5 Å². The molecule has 5 heteroatoms. The molecule has 0 saturated carbocycles. The Morgan fingerprint density at radius 3 is 2.14 bits per heavy atom. The van der Waals surface area contributed by atoms with Crippen LogP contribution in [0.15, 0.2) is 36.4 Å². The van der Waals surface area contributed by atoms with E-state index in [1.165, 1.54) is 7.11 Å². The van der Waals surface area contributed by atoms with Crippen LogP contribution in [-0.4, -0.2) is 32.9 Å².